The summed E-state index contributed by atoms with van der Waals surface area (Å²) in [6.07, 6.45) is 5.84. The largest absolute Gasteiger partial charge is 0.497 e. The van der Waals surface area contributed by atoms with Crippen molar-refractivity contribution in [2.24, 2.45) is 0 Å². The lowest BCUT2D eigenvalue weighted by atomic mass is 10.1. The van der Waals surface area contributed by atoms with Gasteiger partial charge in [0.15, 0.2) is 0 Å². The summed E-state index contributed by atoms with van der Waals surface area (Å²) >= 11 is 0. The van der Waals surface area contributed by atoms with E-state index in [1.54, 1.807) is 19.3 Å². The lowest BCUT2D eigenvalue weighted by Crippen LogP contribution is -2.14. The SMILES string of the molecule is CCc1ccccc1NC(=O)C1=Cc2cc(OC)ccc2OC=C1. The Hall–Kier alpha value is -3.01. The highest BCUT2D eigenvalue weighted by Gasteiger charge is 2.14. The van der Waals surface area contributed by atoms with Gasteiger partial charge in [-0.3, -0.25) is 4.79 Å². The number of carbonyl (C=O) groups excluding carboxylic acids is 1. The van der Waals surface area contributed by atoms with Crippen LogP contribution in [0.5, 0.6) is 11.5 Å². The van der Waals surface area contributed by atoms with Crippen LogP contribution in [0.1, 0.15) is 18.1 Å². The first kappa shape index (κ1) is 15.9. The van der Waals surface area contributed by atoms with Gasteiger partial charge in [0, 0.05) is 16.8 Å². The fourth-order valence-corrected chi connectivity index (χ4v) is 2.56. The minimum Gasteiger partial charge on any atom is -0.497 e. The maximum Gasteiger partial charge on any atom is 0.255 e. The van der Waals surface area contributed by atoms with E-state index in [9.17, 15) is 4.79 Å². The topological polar surface area (TPSA) is 47.6 Å². The van der Waals surface area contributed by atoms with E-state index in [1.807, 2.05) is 42.5 Å². The van der Waals surface area contributed by atoms with Crippen LogP contribution in [0.2, 0.25) is 0 Å². The van der Waals surface area contributed by atoms with Gasteiger partial charge in [0.2, 0.25) is 0 Å². The van der Waals surface area contributed by atoms with Crippen molar-refractivity contribution in [3.05, 3.63) is 71.5 Å². The molecule has 4 heteroatoms. The Labute approximate surface area is 141 Å². The van der Waals surface area contributed by atoms with E-state index in [2.05, 4.69) is 12.2 Å². The van der Waals surface area contributed by atoms with Crippen LogP contribution in [-0.2, 0) is 11.2 Å². The summed E-state index contributed by atoms with van der Waals surface area (Å²) in [4.78, 5) is 12.6. The van der Waals surface area contributed by atoms with E-state index in [1.165, 1.54) is 6.26 Å². The van der Waals surface area contributed by atoms with E-state index in [4.69, 9.17) is 9.47 Å². The quantitative estimate of drug-likeness (QED) is 0.918. The third-order valence-corrected chi connectivity index (χ3v) is 3.88. The summed E-state index contributed by atoms with van der Waals surface area (Å²) in [5.74, 6) is 1.22. The molecule has 0 spiro atoms. The molecule has 1 heterocycles. The number of ether oxygens (including phenoxy) is 2. The first-order valence-electron chi connectivity index (χ1n) is 7.83. The summed E-state index contributed by atoms with van der Waals surface area (Å²) in [6, 6.07) is 13.3. The van der Waals surface area contributed by atoms with E-state index >= 15 is 0 Å². The Kier molecular flexibility index (Phi) is 4.66. The average molecular weight is 321 g/mol. The van der Waals surface area contributed by atoms with Crippen molar-refractivity contribution >= 4 is 17.7 Å². The van der Waals surface area contributed by atoms with Gasteiger partial charge in [-0.25, -0.2) is 0 Å². The van der Waals surface area contributed by atoms with Gasteiger partial charge in [0.05, 0.1) is 13.4 Å². The Balaban J connectivity index is 1.90. The number of aryl methyl sites for hydroxylation is 1. The summed E-state index contributed by atoms with van der Waals surface area (Å²) in [5.41, 5.74) is 3.25. The third-order valence-electron chi connectivity index (χ3n) is 3.88. The maximum absolute atomic E-state index is 12.6. The molecule has 0 unspecified atom stereocenters. The first-order chi connectivity index (χ1) is 11.7. The number of hydrogen-bond donors (Lipinski definition) is 1. The highest BCUT2D eigenvalue weighted by molar-refractivity contribution is 6.09. The predicted octanol–water partition coefficient (Wildman–Crippen LogP) is 4.19. The van der Waals surface area contributed by atoms with Crippen LogP contribution in [0.15, 0.2) is 60.4 Å². The zero-order valence-electron chi connectivity index (χ0n) is 13.7. The van der Waals surface area contributed by atoms with Gasteiger partial charge in [-0.1, -0.05) is 25.1 Å². The Morgan fingerprint density at radius 2 is 2.04 bits per heavy atom. The molecule has 0 aromatic heterocycles. The number of methoxy groups -OCH3 is 1. The molecule has 24 heavy (non-hydrogen) atoms. The molecule has 3 rings (SSSR count). The Morgan fingerprint density at radius 1 is 1.21 bits per heavy atom. The minimum atomic E-state index is -0.175. The third kappa shape index (κ3) is 3.33. The zero-order chi connectivity index (χ0) is 16.9. The van der Waals surface area contributed by atoms with E-state index in [-0.39, 0.29) is 5.91 Å². The second kappa shape index (κ2) is 7.04. The van der Waals surface area contributed by atoms with E-state index < -0.39 is 0 Å². The second-order valence-corrected chi connectivity index (χ2v) is 5.39. The highest BCUT2D eigenvalue weighted by Crippen LogP contribution is 2.29. The number of nitrogens with one attached hydrogen (secondary N) is 1. The standard InChI is InChI=1S/C20H19NO3/c1-3-14-6-4-5-7-18(14)21-20(22)15-10-11-24-19-9-8-17(23-2)13-16(19)12-15/h4-13H,3H2,1-2H3,(H,21,22). The summed E-state index contributed by atoms with van der Waals surface area (Å²) in [5, 5.41) is 2.97. The number of para-hydroxylation sites is 1. The van der Waals surface area contributed by atoms with Crippen LogP contribution in [0.4, 0.5) is 5.69 Å². The number of anilines is 1. The van der Waals surface area contributed by atoms with Gasteiger partial charge >= 0.3 is 0 Å². The molecule has 1 aliphatic heterocycles. The molecular weight excluding hydrogens is 302 g/mol. The fourth-order valence-electron chi connectivity index (χ4n) is 2.56. The molecule has 1 N–H and O–H groups in total. The van der Waals surface area contributed by atoms with Crippen molar-refractivity contribution in [3.8, 4) is 11.5 Å². The van der Waals surface area contributed by atoms with Gasteiger partial charge < -0.3 is 14.8 Å². The molecule has 2 aromatic rings. The maximum atomic E-state index is 12.6. The molecule has 0 saturated heterocycles. The monoisotopic (exact) mass is 321 g/mol. The van der Waals surface area contributed by atoms with Gasteiger partial charge in [-0.05, 0) is 48.4 Å². The summed E-state index contributed by atoms with van der Waals surface area (Å²) in [7, 11) is 1.61. The van der Waals surface area contributed by atoms with Gasteiger partial charge in [0.1, 0.15) is 11.5 Å². The molecule has 0 fully saturated rings. The van der Waals surface area contributed by atoms with Crippen LogP contribution in [-0.4, -0.2) is 13.0 Å². The average Bonchev–Trinajstić information content (AvgIpc) is 2.83. The first-order valence-corrected chi connectivity index (χ1v) is 7.83. The van der Waals surface area contributed by atoms with Crippen molar-refractivity contribution in [1.82, 2.24) is 0 Å². The van der Waals surface area contributed by atoms with Crippen molar-refractivity contribution in [2.75, 3.05) is 12.4 Å². The van der Waals surface area contributed by atoms with Crippen LogP contribution in [0.25, 0.3) is 6.08 Å². The molecule has 1 amide bonds. The molecular formula is C20H19NO3. The molecule has 4 nitrogen and oxygen atoms in total. The lowest BCUT2D eigenvalue weighted by molar-refractivity contribution is -0.112. The zero-order valence-corrected chi connectivity index (χ0v) is 13.7. The number of rotatable bonds is 4. The van der Waals surface area contributed by atoms with Crippen LogP contribution < -0.4 is 14.8 Å². The molecule has 0 saturated carbocycles. The number of amides is 1. The molecule has 0 bridgehead atoms. The number of hydrogen-bond acceptors (Lipinski definition) is 3. The van der Waals surface area contributed by atoms with Crippen LogP contribution in [0, 0.1) is 0 Å². The van der Waals surface area contributed by atoms with Crippen molar-refractivity contribution < 1.29 is 14.3 Å². The normalized spacial score (nSPS) is 12.5. The molecule has 1 aliphatic rings. The minimum absolute atomic E-state index is 0.175. The number of benzene rings is 2. The molecule has 0 radical (unpaired) electrons. The molecule has 122 valence electrons. The lowest BCUT2D eigenvalue weighted by Gasteiger charge is -2.10. The van der Waals surface area contributed by atoms with E-state index in [0.29, 0.717) is 17.1 Å². The van der Waals surface area contributed by atoms with Crippen LogP contribution >= 0.6 is 0 Å². The number of fused-ring (bicyclic) bond motifs is 1. The second-order valence-electron chi connectivity index (χ2n) is 5.39. The van der Waals surface area contributed by atoms with Gasteiger partial charge in [0.25, 0.3) is 5.91 Å². The Bertz CT molecular complexity index is 821. The smallest absolute Gasteiger partial charge is 0.255 e. The molecule has 0 aliphatic carbocycles. The predicted molar refractivity (Wildman–Crippen MR) is 95.2 cm³/mol. The summed E-state index contributed by atoms with van der Waals surface area (Å²) in [6.45, 7) is 2.06. The van der Waals surface area contributed by atoms with Crippen molar-refractivity contribution in [2.45, 2.75) is 13.3 Å². The molecule has 2 aromatic carbocycles. The number of carbonyl (C=O) groups is 1. The van der Waals surface area contributed by atoms with Crippen molar-refractivity contribution in [1.29, 1.82) is 0 Å². The van der Waals surface area contributed by atoms with E-state index in [0.717, 1.165) is 23.2 Å². The summed E-state index contributed by atoms with van der Waals surface area (Å²) < 4.78 is 10.8. The van der Waals surface area contributed by atoms with Crippen LogP contribution in [0.3, 0.4) is 0 Å². The van der Waals surface area contributed by atoms with Gasteiger partial charge in [-0.2, -0.15) is 0 Å². The Morgan fingerprint density at radius 3 is 2.83 bits per heavy atom. The molecule has 0 atom stereocenters. The highest BCUT2D eigenvalue weighted by atomic mass is 16.5. The van der Waals surface area contributed by atoms with Gasteiger partial charge in [-0.15, -0.1) is 0 Å². The van der Waals surface area contributed by atoms with Crippen molar-refractivity contribution in [3.63, 3.8) is 0 Å². The fraction of sp³-hybridized carbons (Fsp3) is 0.150.